The molecule has 2 nitrogen and oxygen atoms in total. The molecule has 2 N–H and O–H groups in total. The number of benzene rings is 1. The van der Waals surface area contributed by atoms with Crippen LogP contribution >= 0.6 is 11.8 Å². The molecule has 0 saturated carbocycles. The summed E-state index contributed by atoms with van der Waals surface area (Å²) in [6.07, 6.45) is -4.14. The number of rotatable bonds is 7. The highest BCUT2D eigenvalue weighted by Crippen LogP contribution is 2.29. The zero-order valence-electron chi connectivity index (χ0n) is 11.2. The zero-order valence-corrected chi connectivity index (χ0v) is 12.1. The van der Waals surface area contributed by atoms with Crippen LogP contribution in [0.3, 0.4) is 0 Å². The van der Waals surface area contributed by atoms with Gasteiger partial charge in [-0.15, -0.1) is 0 Å². The monoisotopic (exact) mass is 305 g/mol. The third kappa shape index (κ3) is 5.45. The molecule has 0 spiro atoms. The van der Waals surface area contributed by atoms with E-state index in [1.165, 1.54) is 11.8 Å². The number of hydrogen-bond donors (Lipinski definition) is 1. The highest BCUT2D eigenvalue weighted by atomic mass is 32.2. The van der Waals surface area contributed by atoms with Crippen LogP contribution in [0.15, 0.2) is 24.3 Å². The normalized spacial score (nSPS) is 13.2. The van der Waals surface area contributed by atoms with Crippen LogP contribution in [0.4, 0.5) is 13.2 Å². The summed E-state index contributed by atoms with van der Waals surface area (Å²) in [6.45, 7) is 1.95. The summed E-state index contributed by atoms with van der Waals surface area (Å²) < 4.78 is 36.2. The molecule has 0 aliphatic rings. The van der Waals surface area contributed by atoms with E-state index in [0.717, 1.165) is 12.0 Å². The number of halogens is 3. The number of amides is 1. The second kappa shape index (κ2) is 7.57. The van der Waals surface area contributed by atoms with Crippen molar-refractivity contribution in [3.8, 4) is 0 Å². The lowest BCUT2D eigenvalue weighted by Crippen LogP contribution is -2.16. The molecule has 1 amide bonds. The number of nitrogens with two attached hydrogens (primary N) is 1. The molecule has 1 atom stereocenters. The van der Waals surface area contributed by atoms with Gasteiger partial charge in [0.25, 0.3) is 0 Å². The Hall–Kier alpha value is -1.17. The lowest BCUT2D eigenvalue weighted by molar-refractivity contribution is -0.129. The van der Waals surface area contributed by atoms with Gasteiger partial charge in [0.1, 0.15) is 0 Å². The smallest absolute Gasteiger partial charge is 0.366 e. The van der Waals surface area contributed by atoms with Crippen molar-refractivity contribution in [2.24, 2.45) is 5.73 Å². The van der Waals surface area contributed by atoms with Crippen molar-refractivity contribution >= 4 is 17.7 Å². The Labute approximate surface area is 120 Å². The van der Waals surface area contributed by atoms with Gasteiger partial charge in [-0.2, -0.15) is 24.9 Å². The minimum Gasteiger partial charge on any atom is -0.366 e. The molecule has 0 radical (unpaired) electrons. The van der Waals surface area contributed by atoms with E-state index in [4.69, 9.17) is 5.73 Å². The fraction of sp³-hybridized carbons (Fsp3) is 0.500. The molecular formula is C14H18F3NOS. The van der Waals surface area contributed by atoms with E-state index in [2.05, 4.69) is 0 Å². The maximum Gasteiger partial charge on any atom is 0.389 e. The third-order valence-corrected chi connectivity index (χ3v) is 4.14. The summed E-state index contributed by atoms with van der Waals surface area (Å²) >= 11 is 1.26. The van der Waals surface area contributed by atoms with Crippen LogP contribution in [0.1, 0.15) is 41.6 Å². The Balaban J connectivity index is 2.65. The lowest BCUT2D eigenvalue weighted by atomic mass is 9.93. The van der Waals surface area contributed by atoms with Crippen molar-refractivity contribution in [1.82, 2.24) is 0 Å². The lowest BCUT2D eigenvalue weighted by Gasteiger charge is -2.17. The summed E-state index contributed by atoms with van der Waals surface area (Å²) in [6, 6.07) is 7.01. The van der Waals surface area contributed by atoms with Crippen molar-refractivity contribution < 1.29 is 18.0 Å². The topological polar surface area (TPSA) is 43.1 Å². The summed E-state index contributed by atoms with van der Waals surface area (Å²) in [5.41, 5.74) is 6.60. The SMILES string of the molecule is CC[C@@H](CSCCC(F)(F)F)c1ccccc1C(N)=O. The fourth-order valence-corrected chi connectivity index (χ4v) is 3.16. The zero-order chi connectivity index (χ0) is 15.2. The number of carbonyl (C=O) groups excluding carboxylic acids is 1. The first-order chi connectivity index (χ1) is 9.35. The molecule has 112 valence electrons. The molecule has 0 unspecified atom stereocenters. The molecule has 0 bridgehead atoms. The summed E-state index contributed by atoms with van der Waals surface area (Å²) in [7, 11) is 0. The predicted octanol–water partition coefficient (Wildman–Crippen LogP) is 3.96. The van der Waals surface area contributed by atoms with Crippen molar-refractivity contribution in [3.63, 3.8) is 0 Å². The summed E-state index contributed by atoms with van der Waals surface area (Å²) in [5, 5.41) is 0. The fourth-order valence-electron chi connectivity index (χ4n) is 1.92. The quantitative estimate of drug-likeness (QED) is 0.775. The van der Waals surface area contributed by atoms with E-state index in [1.54, 1.807) is 12.1 Å². The Morgan fingerprint density at radius 2 is 2.00 bits per heavy atom. The minimum absolute atomic E-state index is 0.0388. The molecule has 0 aromatic heterocycles. The summed E-state index contributed by atoms with van der Waals surface area (Å²) in [4.78, 5) is 11.4. The predicted molar refractivity (Wildman–Crippen MR) is 76.0 cm³/mol. The summed E-state index contributed by atoms with van der Waals surface area (Å²) in [5.74, 6) is 0.131. The average Bonchev–Trinajstić information content (AvgIpc) is 2.37. The van der Waals surface area contributed by atoms with Gasteiger partial charge in [-0.25, -0.2) is 0 Å². The number of carbonyl (C=O) groups is 1. The van der Waals surface area contributed by atoms with Gasteiger partial charge in [-0.1, -0.05) is 25.1 Å². The molecule has 20 heavy (non-hydrogen) atoms. The maximum atomic E-state index is 12.1. The second-order valence-electron chi connectivity index (χ2n) is 4.50. The number of alkyl halides is 3. The Bertz CT molecular complexity index is 448. The van der Waals surface area contributed by atoms with E-state index in [0.29, 0.717) is 11.3 Å². The van der Waals surface area contributed by atoms with Crippen LogP contribution in [-0.4, -0.2) is 23.6 Å². The first-order valence-electron chi connectivity index (χ1n) is 6.38. The molecule has 0 fully saturated rings. The van der Waals surface area contributed by atoms with E-state index in [9.17, 15) is 18.0 Å². The largest absolute Gasteiger partial charge is 0.389 e. The molecule has 0 heterocycles. The van der Waals surface area contributed by atoms with Gasteiger partial charge >= 0.3 is 6.18 Å². The van der Waals surface area contributed by atoms with Crippen molar-refractivity contribution in [2.75, 3.05) is 11.5 Å². The molecule has 6 heteroatoms. The van der Waals surface area contributed by atoms with E-state index in [-0.39, 0.29) is 11.7 Å². The number of thioether (sulfide) groups is 1. The van der Waals surface area contributed by atoms with Crippen LogP contribution in [0.25, 0.3) is 0 Å². The van der Waals surface area contributed by atoms with E-state index >= 15 is 0 Å². The van der Waals surface area contributed by atoms with E-state index < -0.39 is 18.5 Å². The molecule has 0 saturated heterocycles. The number of hydrogen-bond acceptors (Lipinski definition) is 2. The molecule has 1 aromatic carbocycles. The molecular weight excluding hydrogens is 287 g/mol. The first kappa shape index (κ1) is 16.9. The van der Waals surface area contributed by atoms with E-state index in [1.807, 2.05) is 19.1 Å². The first-order valence-corrected chi connectivity index (χ1v) is 7.53. The van der Waals surface area contributed by atoms with Crippen LogP contribution < -0.4 is 5.73 Å². The third-order valence-electron chi connectivity index (χ3n) is 3.01. The van der Waals surface area contributed by atoms with Crippen molar-refractivity contribution in [1.29, 1.82) is 0 Å². The highest BCUT2D eigenvalue weighted by molar-refractivity contribution is 7.99. The van der Waals surface area contributed by atoms with Crippen LogP contribution in [0, 0.1) is 0 Å². The van der Waals surface area contributed by atoms with Gasteiger partial charge in [0.15, 0.2) is 0 Å². The van der Waals surface area contributed by atoms with Gasteiger partial charge in [0, 0.05) is 17.1 Å². The maximum absolute atomic E-state index is 12.1. The van der Waals surface area contributed by atoms with Gasteiger partial charge in [-0.05, 0) is 24.0 Å². The molecule has 0 aliphatic carbocycles. The van der Waals surface area contributed by atoms with Gasteiger partial charge < -0.3 is 5.73 Å². The molecule has 1 aromatic rings. The Kier molecular flexibility index (Phi) is 6.39. The van der Waals surface area contributed by atoms with Crippen molar-refractivity contribution in [2.45, 2.75) is 31.9 Å². The second-order valence-corrected chi connectivity index (χ2v) is 5.65. The number of primary amides is 1. The molecule has 0 aliphatic heterocycles. The highest BCUT2D eigenvalue weighted by Gasteiger charge is 2.26. The standard InChI is InChI=1S/C14H18F3NOS/c1-2-10(9-20-8-7-14(15,16)17)11-5-3-4-6-12(11)13(18)19/h3-6,10H,2,7-9H2,1H3,(H2,18,19)/t10-/m0/s1. The van der Waals surface area contributed by atoms with Gasteiger partial charge in [0.2, 0.25) is 5.91 Å². The Morgan fingerprint density at radius 1 is 1.35 bits per heavy atom. The van der Waals surface area contributed by atoms with Crippen molar-refractivity contribution in [3.05, 3.63) is 35.4 Å². The average molecular weight is 305 g/mol. The van der Waals surface area contributed by atoms with Crippen LogP contribution in [-0.2, 0) is 0 Å². The molecule has 1 rings (SSSR count). The minimum atomic E-state index is -4.11. The van der Waals surface area contributed by atoms with Crippen LogP contribution in [0.5, 0.6) is 0 Å². The van der Waals surface area contributed by atoms with Gasteiger partial charge in [-0.3, -0.25) is 4.79 Å². The Morgan fingerprint density at radius 3 is 2.55 bits per heavy atom. The van der Waals surface area contributed by atoms with Gasteiger partial charge in [0.05, 0.1) is 6.42 Å². The van der Waals surface area contributed by atoms with Crippen LogP contribution in [0.2, 0.25) is 0 Å².